The molecule has 0 saturated heterocycles. The van der Waals surface area contributed by atoms with Gasteiger partial charge in [-0.1, -0.05) is 19.8 Å². The van der Waals surface area contributed by atoms with Crippen molar-refractivity contribution in [3.63, 3.8) is 0 Å². The number of aliphatic carboxylic acids is 5. The standard InChI is InChI=1S/C20H31NO15S/c1-3-4-5-8-36-9-6-7-21(13(22)10-12(14(23)24)37(33,34)35)11-20(17(29)30,18(31)32)19(2,15(25)26)16(27)28/h12H,3-11H2,1-2H3,(H,23,24)(H,25,26)(H,27,28)(H,29,30)(H,31,32)(H,33,34,35). The zero-order valence-corrected chi connectivity index (χ0v) is 21.0. The Bertz CT molecular complexity index is 962. The summed E-state index contributed by atoms with van der Waals surface area (Å²) in [5.41, 5.74) is -7.26. The molecule has 0 fully saturated rings. The average Bonchev–Trinajstić information content (AvgIpc) is 2.76. The van der Waals surface area contributed by atoms with Gasteiger partial charge in [0.2, 0.25) is 11.3 Å². The number of carbonyl (C=O) groups excluding carboxylic acids is 1. The molecule has 1 atom stereocenters. The number of carboxylic acid groups (broad SMARTS) is 5. The van der Waals surface area contributed by atoms with E-state index in [0.717, 1.165) is 12.8 Å². The molecule has 0 saturated carbocycles. The summed E-state index contributed by atoms with van der Waals surface area (Å²) in [5.74, 6) is -13.3. The van der Waals surface area contributed by atoms with Crippen molar-refractivity contribution in [2.45, 2.75) is 51.2 Å². The van der Waals surface area contributed by atoms with Crippen LogP contribution in [-0.4, -0.2) is 111 Å². The van der Waals surface area contributed by atoms with Crippen LogP contribution >= 0.6 is 0 Å². The van der Waals surface area contributed by atoms with Crippen LogP contribution in [0.2, 0.25) is 0 Å². The van der Waals surface area contributed by atoms with Crippen molar-refractivity contribution < 1.29 is 72.0 Å². The van der Waals surface area contributed by atoms with E-state index >= 15 is 0 Å². The number of hydrogen-bond acceptors (Lipinski definition) is 9. The molecule has 6 N–H and O–H groups in total. The summed E-state index contributed by atoms with van der Waals surface area (Å²) in [6, 6.07) is 0. The Hall–Kier alpha value is -3.31. The molecule has 0 bridgehead atoms. The van der Waals surface area contributed by atoms with Crippen molar-refractivity contribution in [1.82, 2.24) is 4.90 Å². The predicted molar refractivity (Wildman–Crippen MR) is 120 cm³/mol. The van der Waals surface area contributed by atoms with Crippen molar-refractivity contribution >= 4 is 45.9 Å². The summed E-state index contributed by atoms with van der Waals surface area (Å²) in [6.07, 6.45) is 0.803. The zero-order valence-electron chi connectivity index (χ0n) is 20.2. The van der Waals surface area contributed by atoms with Gasteiger partial charge in [0.25, 0.3) is 10.1 Å². The molecule has 0 rings (SSSR count). The van der Waals surface area contributed by atoms with Crippen LogP contribution in [0.5, 0.6) is 0 Å². The number of carbonyl (C=O) groups is 6. The summed E-state index contributed by atoms with van der Waals surface area (Å²) in [6.45, 7) is 0.297. The van der Waals surface area contributed by atoms with Gasteiger partial charge in [-0.3, -0.25) is 33.3 Å². The van der Waals surface area contributed by atoms with Crippen molar-refractivity contribution in [2.24, 2.45) is 10.8 Å². The smallest absolute Gasteiger partial charge is 0.324 e. The van der Waals surface area contributed by atoms with E-state index in [-0.39, 0.29) is 13.0 Å². The van der Waals surface area contributed by atoms with Crippen LogP contribution < -0.4 is 0 Å². The van der Waals surface area contributed by atoms with E-state index in [1.807, 2.05) is 6.92 Å². The van der Waals surface area contributed by atoms with E-state index < -0.39 is 81.5 Å². The Morgan fingerprint density at radius 1 is 0.838 bits per heavy atom. The fraction of sp³-hybridized carbons (Fsp3) is 0.700. The molecular formula is C20H31NO15S. The highest BCUT2D eigenvalue weighted by atomic mass is 32.2. The predicted octanol–water partition coefficient (Wildman–Crippen LogP) is -0.526. The first kappa shape index (κ1) is 33.7. The normalized spacial score (nSPS) is 12.9. The molecule has 0 aromatic heterocycles. The van der Waals surface area contributed by atoms with Gasteiger partial charge in [0, 0.05) is 26.3 Å². The number of unbranched alkanes of at least 4 members (excludes halogenated alkanes) is 2. The highest BCUT2D eigenvalue weighted by molar-refractivity contribution is 7.87. The van der Waals surface area contributed by atoms with Gasteiger partial charge in [-0.25, -0.2) is 0 Å². The Balaban J connectivity index is 6.46. The second-order valence-corrected chi connectivity index (χ2v) is 9.88. The van der Waals surface area contributed by atoms with E-state index in [1.54, 1.807) is 0 Å². The van der Waals surface area contributed by atoms with E-state index in [4.69, 9.17) is 14.4 Å². The van der Waals surface area contributed by atoms with Gasteiger partial charge in [-0.15, -0.1) is 0 Å². The first-order valence-corrected chi connectivity index (χ1v) is 12.4. The Labute approximate surface area is 211 Å². The van der Waals surface area contributed by atoms with Gasteiger partial charge in [0.05, 0.1) is 6.42 Å². The van der Waals surface area contributed by atoms with Crippen LogP contribution in [0.1, 0.15) is 46.0 Å². The van der Waals surface area contributed by atoms with Gasteiger partial charge >= 0.3 is 29.8 Å². The lowest BCUT2D eigenvalue weighted by molar-refractivity contribution is -0.195. The molecule has 0 spiro atoms. The molecule has 0 aromatic rings. The number of amides is 1. The van der Waals surface area contributed by atoms with Crippen LogP contribution in [0.15, 0.2) is 0 Å². The average molecular weight is 558 g/mol. The fourth-order valence-corrected chi connectivity index (χ4v) is 3.98. The molecular weight excluding hydrogens is 526 g/mol. The van der Waals surface area contributed by atoms with Crippen LogP contribution in [0.4, 0.5) is 0 Å². The SMILES string of the molecule is CCCCCOCCCN(CC(C(=O)O)(C(=O)O)C(C)(C(=O)O)C(=O)O)C(=O)CC(C(=O)O)S(=O)(=O)O. The molecule has 0 aliphatic rings. The van der Waals surface area contributed by atoms with Gasteiger partial charge in [-0.05, 0) is 19.8 Å². The maximum atomic E-state index is 12.9. The van der Waals surface area contributed by atoms with Crippen LogP contribution in [0, 0.1) is 10.8 Å². The van der Waals surface area contributed by atoms with Gasteiger partial charge in [0.15, 0.2) is 10.7 Å². The Morgan fingerprint density at radius 2 is 1.32 bits per heavy atom. The highest BCUT2D eigenvalue weighted by Crippen LogP contribution is 2.42. The Morgan fingerprint density at radius 3 is 1.70 bits per heavy atom. The minimum Gasteiger partial charge on any atom is -0.480 e. The third-order valence-corrected chi connectivity index (χ3v) is 6.91. The Kier molecular flexibility index (Phi) is 12.6. The number of hydrogen-bond donors (Lipinski definition) is 6. The molecule has 0 aliphatic carbocycles. The van der Waals surface area contributed by atoms with Gasteiger partial charge in [-0.2, -0.15) is 8.42 Å². The second-order valence-electron chi connectivity index (χ2n) is 8.29. The minimum absolute atomic E-state index is 0.0730. The van der Waals surface area contributed by atoms with Gasteiger partial charge in [0.1, 0.15) is 0 Å². The third-order valence-electron chi connectivity index (χ3n) is 5.82. The maximum absolute atomic E-state index is 12.9. The molecule has 0 heterocycles. The number of rotatable bonds is 19. The van der Waals surface area contributed by atoms with Crippen LogP contribution in [0.3, 0.4) is 0 Å². The van der Waals surface area contributed by atoms with Gasteiger partial charge < -0.3 is 35.2 Å². The summed E-state index contributed by atoms with van der Waals surface area (Å²) in [7, 11) is -5.36. The van der Waals surface area contributed by atoms with Crippen LogP contribution in [0.25, 0.3) is 0 Å². The molecule has 1 unspecified atom stereocenters. The summed E-state index contributed by atoms with van der Waals surface area (Å²) < 4.78 is 37.2. The first-order chi connectivity index (χ1) is 16.9. The molecule has 37 heavy (non-hydrogen) atoms. The molecule has 17 heteroatoms. The minimum atomic E-state index is -5.36. The number of ether oxygens (including phenoxy) is 1. The van der Waals surface area contributed by atoms with Crippen LogP contribution in [-0.2, 0) is 43.6 Å². The molecule has 16 nitrogen and oxygen atoms in total. The molecule has 0 aliphatic heterocycles. The van der Waals surface area contributed by atoms with E-state index in [9.17, 15) is 57.6 Å². The lowest BCUT2D eigenvalue weighted by atomic mass is 9.63. The second kappa shape index (κ2) is 13.8. The van der Waals surface area contributed by atoms with E-state index in [1.165, 1.54) is 0 Å². The summed E-state index contributed by atoms with van der Waals surface area (Å²) in [5, 5.41) is 44.9. The molecule has 212 valence electrons. The van der Waals surface area contributed by atoms with E-state index in [2.05, 4.69) is 0 Å². The van der Waals surface area contributed by atoms with E-state index in [0.29, 0.717) is 24.9 Å². The summed E-state index contributed by atoms with van der Waals surface area (Å²) in [4.78, 5) is 72.4. The maximum Gasteiger partial charge on any atom is 0.324 e. The lowest BCUT2D eigenvalue weighted by Crippen LogP contribution is -2.64. The van der Waals surface area contributed by atoms with Crippen molar-refractivity contribution in [1.29, 1.82) is 0 Å². The fourth-order valence-electron chi connectivity index (χ4n) is 3.37. The lowest BCUT2D eigenvalue weighted by Gasteiger charge is -2.39. The third kappa shape index (κ3) is 8.09. The highest BCUT2D eigenvalue weighted by Gasteiger charge is 2.69. The topological polar surface area (TPSA) is 270 Å². The van der Waals surface area contributed by atoms with Crippen molar-refractivity contribution in [2.75, 3.05) is 26.3 Å². The summed E-state index contributed by atoms with van der Waals surface area (Å²) >= 11 is 0. The first-order valence-electron chi connectivity index (χ1n) is 10.9. The number of nitrogens with zero attached hydrogens (tertiary/aromatic N) is 1. The quantitative estimate of drug-likeness (QED) is 0.0662. The molecule has 1 amide bonds. The van der Waals surface area contributed by atoms with Crippen molar-refractivity contribution in [3.05, 3.63) is 0 Å². The molecule has 0 aromatic carbocycles. The number of carboxylic acids is 5. The zero-order chi connectivity index (χ0) is 29.2. The molecule has 0 radical (unpaired) electrons. The van der Waals surface area contributed by atoms with Crippen molar-refractivity contribution in [3.8, 4) is 0 Å². The largest absolute Gasteiger partial charge is 0.480 e. The monoisotopic (exact) mass is 557 g/mol.